The van der Waals surface area contributed by atoms with Crippen LogP contribution < -0.4 is 0 Å². The third-order valence-corrected chi connectivity index (χ3v) is 3.53. The highest BCUT2D eigenvalue weighted by Gasteiger charge is 2.21. The molecule has 0 aliphatic rings. The lowest BCUT2D eigenvalue weighted by molar-refractivity contribution is -0.142. The van der Waals surface area contributed by atoms with Gasteiger partial charge in [-0.1, -0.05) is 80.6 Å². The van der Waals surface area contributed by atoms with Gasteiger partial charge >= 0.3 is 5.97 Å². The standard InChI is InChI=1S/C20H22O2/c1-20(2,15-19(21)22-3)14-18(16-10-6-4-7-11-16)17-12-8-5-9-13-17/h4-14H,15H2,1-3H3. The van der Waals surface area contributed by atoms with E-state index in [1.54, 1.807) is 0 Å². The Bertz CT molecular complexity index is 598. The maximum Gasteiger partial charge on any atom is 0.306 e. The monoisotopic (exact) mass is 294 g/mol. The summed E-state index contributed by atoms with van der Waals surface area (Å²) in [6, 6.07) is 20.5. The minimum Gasteiger partial charge on any atom is -0.469 e. The van der Waals surface area contributed by atoms with E-state index in [2.05, 4.69) is 44.2 Å². The van der Waals surface area contributed by atoms with Gasteiger partial charge in [0.05, 0.1) is 13.5 Å². The number of carbonyl (C=O) groups is 1. The lowest BCUT2D eigenvalue weighted by atomic mass is 9.83. The fraction of sp³-hybridized carbons (Fsp3) is 0.250. The fourth-order valence-corrected chi connectivity index (χ4v) is 2.45. The van der Waals surface area contributed by atoms with Crippen LogP contribution in [0.3, 0.4) is 0 Å². The van der Waals surface area contributed by atoms with Crippen molar-refractivity contribution in [2.75, 3.05) is 7.11 Å². The van der Waals surface area contributed by atoms with Gasteiger partial charge in [0.25, 0.3) is 0 Å². The molecule has 0 bridgehead atoms. The first-order chi connectivity index (χ1) is 10.5. The molecular formula is C20H22O2. The molecule has 2 heteroatoms. The van der Waals surface area contributed by atoms with Crippen molar-refractivity contribution in [3.63, 3.8) is 0 Å². The van der Waals surface area contributed by atoms with E-state index in [1.165, 1.54) is 7.11 Å². The van der Waals surface area contributed by atoms with Crippen LogP contribution in [0.25, 0.3) is 5.57 Å². The predicted octanol–water partition coefficient (Wildman–Crippen LogP) is 4.71. The molecule has 0 atom stereocenters. The largest absolute Gasteiger partial charge is 0.469 e. The van der Waals surface area contributed by atoms with Crippen LogP contribution in [0.2, 0.25) is 0 Å². The van der Waals surface area contributed by atoms with E-state index in [4.69, 9.17) is 4.74 Å². The van der Waals surface area contributed by atoms with Crippen LogP contribution in [0.15, 0.2) is 66.7 Å². The van der Waals surface area contributed by atoms with Crippen molar-refractivity contribution in [3.8, 4) is 0 Å². The Morgan fingerprint density at radius 2 is 1.41 bits per heavy atom. The van der Waals surface area contributed by atoms with Crippen LogP contribution in [0, 0.1) is 5.41 Å². The molecule has 0 heterocycles. The highest BCUT2D eigenvalue weighted by Crippen LogP contribution is 2.32. The minimum atomic E-state index is -0.284. The van der Waals surface area contributed by atoms with Crippen LogP contribution in [0.1, 0.15) is 31.4 Å². The Labute approximate surface area is 132 Å². The van der Waals surface area contributed by atoms with Crippen LogP contribution in [0.4, 0.5) is 0 Å². The van der Waals surface area contributed by atoms with Crippen molar-refractivity contribution < 1.29 is 9.53 Å². The number of methoxy groups -OCH3 is 1. The summed E-state index contributed by atoms with van der Waals surface area (Å²) in [6.07, 6.45) is 2.52. The number of ether oxygens (including phenoxy) is 1. The van der Waals surface area contributed by atoms with Crippen LogP contribution in [-0.4, -0.2) is 13.1 Å². The molecule has 0 saturated heterocycles. The summed E-state index contributed by atoms with van der Waals surface area (Å²) in [7, 11) is 1.43. The number of benzene rings is 2. The zero-order valence-corrected chi connectivity index (χ0v) is 13.4. The van der Waals surface area contributed by atoms with Crippen molar-refractivity contribution in [1.29, 1.82) is 0 Å². The average molecular weight is 294 g/mol. The zero-order chi connectivity index (χ0) is 16.0. The summed E-state index contributed by atoms with van der Waals surface area (Å²) in [5.74, 6) is -0.193. The second-order valence-electron chi connectivity index (χ2n) is 6.03. The normalized spacial score (nSPS) is 10.9. The third-order valence-electron chi connectivity index (χ3n) is 3.53. The molecule has 0 unspecified atom stereocenters. The van der Waals surface area contributed by atoms with E-state index in [1.807, 2.05) is 36.4 Å². The Kier molecular flexibility index (Phi) is 5.16. The zero-order valence-electron chi connectivity index (χ0n) is 13.4. The number of hydrogen-bond donors (Lipinski definition) is 0. The van der Waals surface area contributed by atoms with Gasteiger partial charge in [0.15, 0.2) is 0 Å². The van der Waals surface area contributed by atoms with E-state index in [9.17, 15) is 4.79 Å². The average Bonchev–Trinajstić information content (AvgIpc) is 2.54. The van der Waals surface area contributed by atoms with Gasteiger partial charge in [-0.15, -0.1) is 0 Å². The number of esters is 1. The first kappa shape index (κ1) is 16.0. The Balaban J connectivity index is 2.45. The maximum absolute atomic E-state index is 11.6. The second-order valence-corrected chi connectivity index (χ2v) is 6.03. The van der Waals surface area contributed by atoms with Gasteiger partial charge in [-0.3, -0.25) is 4.79 Å². The molecule has 0 spiro atoms. The molecule has 2 aromatic rings. The SMILES string of the molecule is COC(=O)CC(C)(C)C=C(c1ccccc1)c1ccccc1. The lowest BCUT2D eigenvalue weighted by Crippen LogP contribution is -2.16. The smallest absolute Gasteiger partial charge is 0.306 e. The molecule has 2 nitrogen and oxygen atoms in total. The number of allylic oxidation sites excluding steroid dienone is 1. The minimum absolute atomic E-state index is 0.193. The van der Waals surface area contributed by atoms with Crippen molar-refractivity contribution in [3.05, 3.63) is 77.9 Å². The summed E-state index contributed by atoms with van der Waals surface area (Å²) in [5.41, 5.74) is 3.14. The first-order valence-electron chi connectivity index (χ1n) is 7.42. The van der Waals surface area contributed by atoms with E-state index in [0.717, 1.165) is 16.7 Å². The van der Waals surface area contributed by atoms with Crippen molar-refractivity contribution in [2.24, 2.45) is 5.41 Å². The highest BCUT2D eigenvalue weighted by atomic mass is 16.5. The summed E-state index contributed by atoms with van der Waals surface area (Å²) >= 11 is 0. The molecule has 2 aromatic carbocycles. The third kappa shape index (κ3) is 4.32. The highest BCUT2D eigenvalue weighted by molar-refractivity contribution is 5.81. The summed E-state index contributed by atoms with van der Waals surface area (Å²) in [4.78, 5) is 11.6. The van der Waals surface area contributed by atoms with Crippen LogP contribution in [0.5, 0.6) is 0 Å². The Hall–Kier alpha value is -2.35. The van der Waals surface area contributed by atoms with Crippen molar-refractivity contribution >= 4 is 11.5 Å². The van der Waals surface area contributed by atoms with Gasteiger partial charge in [0, 0.05) is 0 Å². The number of hydrogen-bond acceptors (Lipinski definition) is 2. The molecule has 114 valence electrons. The molecule has 0 N–H and O–H groups in total. The number of rotatable bonds is 5. The molecule has 0 saturated carbocycles. The van der Waals surface area contributed by atoms with Gasteiger partial charge in [-0.05, 0) is 22.1 Å². The van der Waals surface area contributed by atoms with E-state index in [0.29, 0.717) is 6.42 Å². The topological polar surface area (TPSA) is 26.3 Å². The fourth-order valence-electron chi connectivity index (χ4n) is 2.45. The molecule has 2 rings (SSSR count). The van der Waals surface area contributed by atoms with E-state index >= 15 is 0 Å². The summed E-state index contributed by atoms with van der Waals surface area (Å²) < 4.78 is 4.81. The van der Waals surface area contributed by atoms with E-state index < -0.39 is 0 Å². The van der Waals surface area contributed by atoms with Gasteiger partial charge in [-0.2, -0.15) is 0 Å². The molecule has 22 heavy (non-hydrogen) atoms. The Morgan fingerprint density at radius 3 is 1.82 bits per heavy atom. The lowest BCUT2D eigenvalue weighted by Gasteiger charge is -2.21. The molecule has 0 aliphatic heterocycles. The van der Waals surface area contributed by atoms with Gasteiger partial charge in [0.1, 0.15) is 0 Å². The number of carbonyl (C=O) groups excluding carboxylic acids is 1. The molecule has 0 amide bonds. The second kappa shape index (κ2) is 7.08. The maximum atomic E-state index is 11.6. The van der Waals surface area contributed by atoms with Crippen molar-refractivity contribution in [1.82, 2.24) is 0 Å². The van der Waals surface area contributed by atoms with Gasteiger partial charge in [0.2, 0.25) is 0 Å². The molecule has 0 aliphatic carbocycles. The Morgan fingerprint density at radius 1 is 0.955 bits per heavy atom. The van der Waals surface area contributed by atoms with Crippen LogP contribution in [-0.2, 0) is 9.53 Å². The molecule has 0 aromatic heterocycles. The molecular weight excluding hydrogens is 272 g/mol. The quantitative estimate of drug-likeness (QED) is 0.747. The van der Waals surface area contributed by atoms with Gasteiger partial charge in [-0.25, -0.2) is 0 Å². The summed E-state index contributed by atoms with van der Waals surface area (Å²) in [5, 5.41) is 0. The van der Waals surface area contributed by atoms with Crippen molar-refractivity contribution in [2.45, 2.75) is 20.3 Å². The van der Waals surface area contributed by atoms with Gasteiger partial charge < -0.3 is 4.74 Å². The van der Waals surface area contributed by atoms with E-state index in [-0.39, 0.29) is 11.4 Å². The molecule has 0 fully saturated rings. The van der Waals surface area contributed by atoms with Crippen LogP contribution >= 0.6 is 0 Å². The summed E-state index contributed by atoms with van der Waals surface area (Å²) in [6.45, 7) is 4.10. The first-order valence-corrected chi connectivity index (χ1v) is 7.42. The predicted molar refractivity (Wildman–Crippen MR) is 90.4 cm³/mol. The molecule has 0 radical (unpaired) electrons.